The summed E-state index contributed by atoms with van der Waals surface area (Å²) in [5.41, 5.74) is -0.529. The van der Waals surface area contributed by atoms with Crippen molar-refractivity contribution in [2.24, 2.45) is 0 Å². The number of carbonyl (C=O) groups excluding carboxylic acids is 3. The van der Waals surface area contributed by atoms with E-state index in [0.717, 1.165) is 18.2 Å². The average Bonchev–Trinajstić information content (AvgIpc) is 3.13. The number of hydrogen-bond donors (Lipinski definition) is 0. The molecule has 0 spiro atoms. The smallest absolute Gasteiger partial charge is 0.327 e. The van der Waals surface area contributed by atoms with Crippen LogP contribution in [0.15, 0.2) is 48.5 Å². The third kappa shape index (κ3) is 5.21. The third-order valence-corrected chi connectivity index (χ3v) is 5.31. The molecular weight excluding hydrogens is 447 g/mol. The van der Waals surface area contributed by atoms with Gasteiger partial charge in [0.1, 0.15) is 19.8 Å². The normalized spacial score (nSPS) is 14.3. The fourth-order valence-electron chi connectivity index (χ4n) is 3.29. The molecule has 1 fully saturated rings. The van der Waals surface area contributed by atoms with Gasteiger partial charge < -0.3 is 9.80 Å². The van der Waals surface area contributed by atoms with Gasteiger partial charge in [-0.25, -0.2) is 0 Å². The van der Waals surface area contributed by atoms with Gasteiger partial charge in [0.05, 0.1) is 5.56 Å². The number of carbonyl (C=O) groups is 3. The van der Waals surface area contributed by atoms with Crippen molar-refractivity contribution in [3.63, 3.8) is 0 Å². The van der Waals surface area contributed by atoms with Crippen molar-refractivity contribution in [2.45, 2.75) is 26.1 Å². The van der Waals surface area contributed by atoms with Crippen molar-refractivity contribution >= 4 is 35.0 Å². The van der Waals surface area contributed by atoms with E-state index < -0.39 is 29.6 Å². The molecule has 1 aliphatic heterocycles. The van der Waals surface area contributed by atoms with Gasteiger partial charge in [-0.2, -0.15) is 13.2 Å². The minimum absolute atomic E-state index is 0.00296. The second-order valence-corrected chi connectivity index (χ2v) is 8.07. The molecule has 2 aromatic rings. The van der Waals surface area contributed by atoms with Crippen LogP contribution in [0.25, 0.3) is 0 Å². The molecule has 3 amide bonds. The number of hydrogen-bond acceptors (Lipinski definition) is 3. The zero-order valence-electron chi connectivity index (χ0n) is 17.4. The molecule has 0 N–H and O–H groups in total. The van der Waals surface area contributed by atoms with E-state index in [9.17, 15) is 27.6 Å². The summed E-state index contributed by atoms with van der Waals surface area (Å²) in [6, 6.07) is 10.2. The highest BCUT2D eigenvalue weighted by Gasteiger charge is 2.35. The Balaban J connectivity index is 1.74. The van der Waals surface area contributed by atoms with E-state index in [2.05, 4.69) is 0 Å². The van der Waals surface area contributed by atoms with Crippen molar-refractivity contribution in [3.05, 3.63) is 64.7 Å². The summed E-state index contributed by atoms with van der Waals surface area (Å²) in [5, 5.41) is 0.508. The summed E-state index contributed by atoms with van der Waals surface area (Å²) in [6.07, 6.45) is -4.59. The van der Waals surface area contributed by atoms with Gasteiger partial charge in [-0.1, -0.05) is 17.7 Å². The van der Waals surface area contributed by atoms with Crippen LogP contribution in [-0.2, 0) is 15.8 Å². The Morgan fingerprint density at radius 1 is 1.12 bits per heavy atom. The summed E-state index contributed by atoms with van der Waals surface area (Å²) < 4.78 is 39.0. The molecule has 0 atom stereocenters. The van der Waals surface area contributed by atoms with Gasteiger partial charge in [0, 0.05) is 22.3 Å². The van der Waals surface area contributed by atoms with Crippen LogP contribution >= 0.6 is 11.6 Å². The molecule has 0 unspecified atom stereocenters. The minimum Gasteiger partial charge on any atom is -0.327 e. The van der Waals surface area contributed by atoms with Gasteiger partial charge in [-0.05, 0) is 56.3 Å². The van der Waals surface area contributed by atoms with Gasteiger partial charge in [-0.3, -0.25) is 19.3 Å². The van der Waals surface area contributed by atoms with E-state index >= 15 is 0 Å². The molecule has 0 bridgehead atoms. The van der Waals surface area contributed by atoms with Crippen LogP contribution in [0.5, 0.6) is 0 Å². The Morgan fingerprint density at radius 3 is 2.38 bits per heavy atom. The Bertz CT molecular complexity index is 1030. The molecule has 3 rings (SSSR count). The number of nitrogens with zero attached hydrogens (tertiary/aromatic N) is 3. The molecular formula is C22H21ClF3N3O3. The fraction of sp³-hybridized carbons (Fsp3) is 0.318. The molecule has 170 valence electrons. The van der Waals surface area contributed by atoms with E-state index in [0.29, 0.717) is 10.7 Å². The van der Waals surface area contributed by atoms with E-state index in [1.807, 2.05) is 0 Å². The molecule has 0 aliphatic carbocycles. The van der Waals surface area contributed by atoms with Crippen LogP contribution in [0.1, 0.15) is 29.8 Å². The number of amides is 3. The molecule has 32 heavy (non-hydrogen) atoms. The summed E-state index contributed by atoms with van der Waals surface area (Å²) >= 11 is 5.87. The van der Waals surface area contributed by atoms with Crippen molar-refractivity contribution in [1.29, 1.82) is 0 Å². The quantitative estimate of drug-likeness (QED) is 0.666. The average molecular weight is 468 g/mol. The second kappa shape index (κ2) is 9.20. The van der Waals surface area contributed by atoms with Gasteiger partial charge in [-0.15, -0.1) is 0 Å². The highest BCUT2D eigenvalue weighted by molar-refractivity contribution is 6.30. The van der Waals surface area contributed by atoms with Crippen LogP contribution < -0.4 is 4.90 Å². The van der Waals surface area contributed by atoms with Crippen LogP contribution in [0.2, 0.25) is 5.02 Å². The van der Waals surface area contributed by atoms with Gasteiger partial charge in [0.2, 0.25) is 11.8 Å². The van der Waals surface area contributed by atoms with Crippen LogP contribution in [0, 0.1) is 0 Å². The van der Waals surface area contributed by atoms with Gasteiger partial charge >= 0.3 is 6.18 Å². The first-order valence-corrected chi connectivity index (χ1v) is 10.2. The van der Waals surface area contributed by atoms with Crippen LogP contribution in [0.3, 0.4) is 0 Å². The highest BCUT2D eigenvalue weighted by atomic mass is 35.5. The number of halogens is 4. The molecule has 1 heterocycles. The maximum atomic E-state index is 13.0. The van der Waals surface area contributed by atoms with Crippen LogP contribution in [0.4, 0.5) is 18.9 Å². The van der Waals surface area contributed by atoms with Gasteiger partial charge in [0.15, 0.2) is 0 Å². The Kier molecular flexibility index (Phi) is 6.78. The zero-order valence-corrected chi connectivity index (χ0v) is 18.2. The van der Waals surface area contributed by atoms with E-state index in [1.165, 1.54) is 20.8 Å². The molecule has 0 aromatic heterocycles. The van der Waals surface area contributed by atoms with E-state index in [-0.39, 0.29) is 31.2 Å². The zero-order chi connectivity index (χ0) is 23.6. The number of alkyl halides is 3. The second-order valence-electron chi connectivity index (χ2n) is 7.64. The van der Waals surface area contributed by atoms with E-state index in [4.69, 9.17) is 11.6 Å². The first kappa shape index (κ1) is 23.6. The van der Waals surface area contributed by atoms with Crippen molar-refractivity contribution in [1.82, 2.24) is 9.80 Å². The Labute approximate surface area is 188 Å². The van der Waals surface area contributed by atoms with Gasteiger partial charge in [0.25, 0.3) is 5.91 Å². The first-order valence-electron chi connectivity index (χ1n) is 9.79. The Hall–Kier alpha value is -3.07. The molecule has 6 nitrogen and oxygen atoms in total. The molecule has 0 radical (unpaired) electrons. The molecule has 0 saturated carbocycles. The van der Waals surface area contributed by atoms with Crippen molar-refractivity contribution in [3.8, 4) is 0 Å². The first-order chi connectivity index (χ1) is 15.0. The Morgan fingerprint density at radius 2 is 1.78 bits per heavy atom. The number of benzene rings is 2. The lowest BCUT2D eigenvalue weighted by molar-refractivity contribution is -0.137. The third-order valence-electron chi connectivity index (χ3n) is 5.06. The lowest BCUT2D eigenvalue weighted by Gasteiger charge is -2.28. The monoisotopic (exact) mass is 467 g/mol. The lowest BCUT2D eigenvalue weighted by atomic mass is 10.1. The largest absolute Gasteiger partial charge is 0.416 e. The molecule has 1 aliphatic rings. The van der Waals surface area contributed by atoms with Crippen LogP contribution in [-0.4, -0.2) is 53.3 Å². The summed E-state index contributed by atoms with van der Waals surface area (Å²) in [6.45, 7) is 2.80. The van der Waals surface area contributed by atoms with E-state index in [1.54, 1.807) is 38.1 Å². The topological polar surface area (TPSA) is 60.9 Å². The summed E-state index contributed by atoms with van der Waals surface area (Å²) in [5.74, 6) is -1.47. The SMILES string of the molecule is CC(C)N(CC(=O)N1CC(=O)N(c2ccc(Cl)cc2)C1)C(=O)c1cccc(C(F)(F)F)c1. The minimum atomic E-state index is -4.59. The predicted molar refractivity (Wildman–Crippen MR) is 113 cm³/mol. The molecule has 10 heteroatoms. The van der Waals surface area contributed by atoms with Crippen molar-refractivity contribution in [2.75, 3.05) is 24.7 Å². The number of anilines is 1. The maximum absolute atomic E-state index is 13.0. The molecule has 1 saturated heterocycles. The number of rotatable bonds is 5. The summed E-state index contributed by atoms with van der Waals surface area (Å²) in [4.78, 5) is 42.0. The fourth-order valence-corrected chi connectivity index (χ4v) is 3.42. The lowest BCUT2D eigenvalue weighted by Crippen LogP contribution is -2.45. The highest BCUT2D eigenvalue weighted by Crippen LogP contribution is 2.30. The summed E-state index contributed by atoms with van der Waals surface area (Å²) in [7, 11) is 0. The predicted octanol–water partition coefficient (Wildman–Crippen LogP) is 4.04. The standard InChI is InChI=1S/C22H21ClF3N3O3/c1-14(2)28(21(32)15-4-3-5-16(10-15)22(24,25)26)12-19(30)27-11-20(31)29(13-27)18-8-6-17(23)7-9-18/h3-10,14H,11-13H2,1-2H3. The van der Waals surface area contributed by atoms with Crippen molar-refractivity contribution < 1.29 is 27.6 Å². The molecule has 2 aromatic carbocycles. The maximum Gasteiger partial charge on any atom is 0.416 e.